The van der Waals surface area contributed by atoms with Crippen molar-refractivity contribution >= 4 is 11.9 Å². The first kappa shape index (κ1) is 20.5. The lowest BCUT2D eigenvalue weighted by molar-refractivity contribution is -0.123. The van der Waals surface area contributed by atoms with Crippen molar-refractivity contribution in [1.29, 1.82) is 0 Å². The van der Waals surface area contributed by atoms with E-state index in [2.05, 4.69) is 27.9 Å². The van der Waals surface area contributed by atoms with Crippen molar-refractivity contribution in [2.45, 2.75) is 51.2 Å². The highest BCUT2D eigenvalue weighted by Crippen LogP contribution is 2.18. The fourth-order valence-corrected chi connectivity index (χ4v) is 3.05. The van der Waals surface area contributed by atoms with Gasteiger partial charge < -0.3 is 25.4 Å². The standard InChI is InChI=1S/C21H32N4O3/c1-2-22-21(24-14-19-4-3-13-27-19)23-12-11-16-5-9-18(10-6-16)28-15-20(26)25-17-7-8-17/h5-6,9-10,17,19H,2-4,7-8,11-15H2,1H3,(H,25,26)(H2,22,23,24). The van der Waals surface area contributed by atoms with Crippen LogP contribution in [0.4, 0.5) is 0 Å². The first-order valence-electron chi connectivity index (χ1n) is 10.4. The van der Waals surface area contributed by atoms with Crippen molar-refractivity contribution in [3.05, 3.63) is 29.8 Å². The summed E-state index contributed by atoms with van der Waals surface area (Å²) in [5.74, 6) is 1.50. The van der Waals surface area contributed by atoms with Crippen molar-refractivity contribution in [3.8, 4) is 5.75 Å². The number of amides is 1. The summed E-state index contributed by atoms with van der Waals surface area (Å²) < 4.78 is 11.2. The molecule has 3 rings (SSSR count). The van der Waals surface area contributed by atoms with Gasteiger partial charge in [0.15, 0.2) is 12.6 Å². The quantitative estimate of drug-likeness (QED) is 0.419. The monoisotopic (exact) mass is 388 g/mol. The van der Waals surface area contributed by atoms with Crippen LogP contribution in [-0.2, 0) is 16.0 Å². The molecule has 1 atom stereocenters. The number of carbonyl (C=O) groups is 1. The van der Waals surface area contributed by atoms with Crippen LogP contribution in [0.2, 0.25) is 0 Å². The van der Waals surface area contributed by atoms with Crippen molar-refractivity contribution in [2.24, 2.45) is 4.99 Å². The predicted octanol–water partition coefficient (Wildman–Crippen LogP) is 1.62. The van der Waals surface area contributed by atoms with E-state index in [0.29, 0.717) is 18.3 Å². The number of carbonyl (C=O) groups excluding carboxylic acids is 1. The number of hydrogen-bond donors (Lipinski definition) is 3. The Morgan fingerprint density at radius 1 is 1.21 bits per heavy atom. The molecule has 1 saturated heterocycles. The molecule has 1 aromatic rings. The fraction of sp³-hybridized carbons (Fsp3) is 0.619. The van der Waals surface area contributed by atoms with Gasteiger partial charge in [-0.25, -0.2) is 0 Å². The molecule has 0 spiro atoms. The molecule has 1 unspecified atom stereocenters. The second kappa shape index (κ2) is 10.9. The van der Waals surface area contributed by atoms with E-state index in [1.165, 1.54) is 5.56 Å². The van der Waals surface area contributed by atoms with Gasteiger partial charge in [0.1, 0.15) is 5.75 Å². The summed E-state index contributed by atoms with van der Waals surface area (Å²) >= 11 is 0. The predicted molar refractivity (Wildman–Crippen MR) is 110 cm³/mol. The normalized spacial score (nSPS) is 19.3. The van der Waals surface area contributed by atoms with Crippen LogP contribution in [-0.4, -0.2) is 56.9 Å². The van der Waals surface area contributed by atoms with Crippen molar-refractivity contribution in [1.82, 2.24) is 16.0 Å². The molecule has 1 aliphatic heterocycles. The van der Waals surface area contributed by atoms with Crippen LogP contribution in [0.25, 0.3) is 0 Å². The molecule has 0 bridgehead atoms. The van der Waals surface area contributed by atoms with Gasteiger partial charge in [0, 0.05) is 25.7 Å². The van der Waals surface area contributed by atoms with E-state index in [1.54, 1.807) is 0 Å². The first-order valence-corrected chi connectivity index (χ1v) is 10.4. The van der Waals surface area contributed by atoms with Gasteiger partial charge in [-0.3, -0.25) is 9.79 Å². The molecule has 2 fully saturated rings. The van der Waals surface area contributed by atoms with Crippen molar-refractivity contribution in [2.75, 3.05) is 32.8 Å². The summed E-state index contributed by atoms with van der Waals surface area (Å²) in [6.07, 6.45) is 5.54. The van der Waals surface area contributed by atoms with E-state index in [4.69, 9.17) is 9.47 Å². The second-order valence-electron chi connectivity index (χ2n) is 7.31. The van der Waals surface area contributed by atoms with Crippen LogP contribution >= 0.6 is 0 Å². The van der Waals surface area contributed by atoms with Gasteiger partial charge >= 0.3 is 0 Å². The largest absolute Gasteiger partial charge is 0.484 e. The van der Waals surface area contributed by atoms with E-state index in [-0.39, 0.29) is 18.6 Å². The lowest BCUT2D eigenvalue weighted by Gasteiger charge is -2.13. The zero-order valence-corrected chi connectivity index (χ0v) is 16.7. The molecule has 1 amide bonds. The molecular weight excluding hydrogens is 356 g/mol. The molecule has 1 heterocycles. The molecule has 28 heavy (non-hydrogen) atoms. The lowest BCUT2D eigenvalue weighted by atomic mass is 10.1. The second-order valence-corrected chi connectivity index (χ2v) is 7.31. The number of nitrogens with zero attached hydrogens (tertiary/aromatic N) is 1. The van der Waals surface area contributed by atoms with Crippen LogP contribution in [0, 0.1) is 0 Å². The van der Waals surface area contributed by atoms with Crippen LogP contribution in [0.1, 0.15) is 38.2 Å². The highest BCUT2D eigenvalue weighted by atomic mass is 16.5. The third-order valence-electron chi connectivity index (χ3n) is 4.76. The molecule has 154 valence electrons. The molecule has 1 aromatic carbocycles. The number of aliphatic imine (C=N–C) groups is 1. The number of ether oxygens (including phenoxy) is 2. The smallest absolute Gasteiger partial charge is 0.258 e. The molecular formula is C21H32N4O3. The minimum atomic E-state index is -0.0472. The van der Waals surface area contributed by atoms with Crippen molar-refractivity contribution < 1.29 is 14.3 Å². The van der Waals surface area contributed by atoms with E-state index < -0.39 is 0 Å². The van der Waals surface area contributed by atoms with Crippen LogP contribution < -0.4 is 20.7 Å². The van der Waals surface area contributed by atoms with Gasteiger partial charge in [-0.1, -0.05) is 12.1 Å². The van der Waals surface area contributed by atoms with Gasteiger partial charge in [-0.15, -0.1) is 0 Å². The topological polar surface area (TPSA) is 84.0 Å². The minimum absolute atomic E-state index is 0.0472. The van der Waals surface area contributed by atoms with Crippen LogP contribution in [0.5, 0.6) is 5.75 Å². The van der Waals surface area contributed by atoms with Gasteiger partial charge in [0.2, 0.25) is 0 Å². The third-order valence-corrected chi connectivity index (χ3v) is 4.76. The maximum atomic E-state index is 11.7. The third kappa shape index (κ3) is 7.38. The van der Waals surface area contributed by atoms with Crippen LogP contribution in [0.15, 0.2) is 29.3 Å². The number of rotatable bonds is 10. The highest BCUT2D eigenvalue weighted by molar-refractivity contribution is 5.79. The molecule has 0 radical (unpaired) electrons. The minimum Gasteiger partial charge on any atom is -0.484 e. The van der Waals surface area contributed by atoms with E-state index in [1.807, 2.05) is 24.3 Å². The number of hydrogen-bond acceptors (Lipinski definition) is 4. The highest BCUT2D eigenvalue weighted by Gasteiger charge is 2.23. The summed E-state index contributed by atoms with van der Waals surface area (Å²) in [5, 5.41) is 9.56. The summed E-state index contributed by atoms with van der Waals surface area (Å²) in [5.41, 5.74) is 1.21. The number of guanidine groups is 1. The Morgan fingerprint density at radius 3 is 2.71 bits per heavy atom. The molecule has 3 N–H and O–H groups in total. The Hall–Kier alpha value is -2.28. The molecule has 1 saturated carbocycles. The average molecular weight is 389 g/mol. The maximum absolute atomic E-state index is 11.7. The van der Waals surface area contributed by atoms with E-state index in [9.17, 15) is 4.79 Å². The van der Waals surface area contributed by atoms with Gasteiger partial charge in [-0.05, 0) is 56.7 Å². The Labute approximate surface area is 167 Å². The molecule has 7 heteroatoms. The van der Waals surface area contributed by atoms with Gasteiger partial charge in [0.25, 0.3) is 5.91 Å². The number of benzene rings is 1. The van der Waals surface area contributed by atoms with Crippen molar-refractivity contribution in [3.63, 3.8) is 0 Å². The SMILES string of the molecule is CCNC(=NCC1CCCO1)NCCc1ccc(OCC(=O)NC2CC2)cc1. The zero-order chi connectivity index (χ0) is 19.6. The summed E-state index contributed by atoms with van der Waals surface area (Å²) in [7, 11) is 0. The average Bonchev–Trinajstić information content (AvgIpc) is 3.36. The summed E-state index contributed by atoms with van der Waals surface area (Å²) in [6.45, 7) is 5.32. The Kier molecular flexibility index (Phi) is 7.96. The number of nitrogens with one attached hydrogen (secondary N) is 3. The lowest BCUT2D eigenvalue weighted by Crippen LogP contribution is -2.38. The van der Waals surface area contributed by atoms with Crippen LogP contribution in [0.3, 0.4) is 0 Å². The van der Waals surface area contributed by atoms with E-state index in [0.717, 1.165) is 57.8 Å². The van der Waals surface area contributed by atoms with Gasteiger partial charge in [0.05, 0.1) is 12.6 Å². The van der Waals surface area contributed by atoms with Gasteiger partial charge in [-0.2, -0.15) is 0 Å². The first-order chi connectivity index (χ1) is 13.7. The Morgan fingerprint density at radius 2 is 2.04 bits per heavy atom. The summed E-state index contributed by atoms with van der Waals surface area (Å²) in [6, 6.07) is 8.26. The molecule has 0 aromatic heterocycles. The Balaban J connectivity index is 1.36. The van der Waals surface area contributed by atoms with E-state index >= 15 is 0 Å². The zero-order valence-electron chi connectivity index (χ0n) is 16.7. The Bertz CT molecular complexity index is 638. The molecule has 7 nitrogen and oxygen atoms in total. The fourth-order valence-electron chi connectivity index (χ4n) is 3.05. The summed E-state index contributed by atoms with van der Waals surface area (Å²) in [4.78, 5) is 16.3. The maximum Gasteiger partial charge on any atom is 0.258 e. The molecule has 2 aliphatic rings. The molecule has 1 aliphatic carbocycles.